The van der Waals surface area contributed by atoms with Gasteiger partial charge in [0.05, 0.1) is 0 Å². The second-order valence-corrected chi connectivity index (χ2v) is 8.71. The summed E-state index contributed by atoms with van der Waals surface area (Å²) in [7, 11) is 0. The number of fused-ring (bicyclic) bond motifs is 1. The third-order valence-electron chi connectivity index (χ3n) is 6.52. The van der Waals surface area contributed by atoms with Gasteiger partial charge in [0.25, 0.3) is 11.8 Å². The Bertz CT molecular complexity index is 1530. The first-order valence-electron chi connectivity index (χ1n) is 11.4. The van der Waals surface area contributed by atoms with E-state index in [9.17, 15) is 19.2 Å². The molecule has 0 unspecified atom stereocenters. The van der Waals surface area contributed by atoms with Crippen LogP contribution in [-0.4, -0.2) is 29.2 Å². The highest BCUT2D eigenvalue weighted by Crippen LogP contribution is 2.30. The molecule has 1 aliphatic rings. The van der Waals surface area contributed by atoms with Gasteiger partial charge < -0.3 is 9.15 Å². The van der Waals surface area contributed by atoms with E-state index in [-0.39, 0.29) is 37.8 Å². The normalized spacial score (nSPS) is 13.0. The molecular weight excluding hydrogens is 446 g/mol. The van der Waals surface area contributed by atoms with Gasteiger partial charge in [0.15, 0.2) is 0 Å². The molecule has 0 spiro atoms. The lowest BCUT2D eigenvalue weighted by molar-refractivity contribution is -0.145. The van der Waals surface area contributed by atoms with Gasteiger partial charge in [-0.2, -0.15) is 0 Å². The molecule has 35 heavy (non-hydrogen) atoms. The highest BCUT2D eigenvalue weighted by Gasteiger charge is 2.32. The third kappa shape index (κ3) is 3.99. The number of carbonyl (C=O) groups is 3. The number of hydrogen-bond donors (Lipinski definition) is 0. The molecule has 0 atom stereocenters. The van der Waals surface area contributed by atoms with Gasteiger partial charge >= 0.3 is 11.6 Å². The van der Waals surface area contributed by atoms with E-state index in [1.807, 2.05) is 38.1 Å². The summed E-state index contributed by atoms with van der Waals surface area (Å²) in [4.78, 5) is 51.5. The molecule has 1 aromatic heterocycles. The summed E-state index contributed by atoms with van der Waals surface area (Å²) in [5, 5.41) is 2.24. The molecule has 1 aliphatic heterocycles. The van der Waals surface area contributed by atoms with Crippen molar-refractivity contribution in [1.29, 1.82) is 0 Å². The Balaban J connectivity index is 1.24. The molecule has 0 aliphatic carbocycles. The van der Waals surface area contributed by atoms with Crippen LogP contribution in [0.5, 0.6) is 0 Å². The van der Waals surface area contributed by atoms with Crippen molar-refractivity contribution in [3.63, 3.8) is 0 Å². The summed E-state index contributed by atoms with van der Waals surface area (Å²) in [5.41, 5.74) is 3.38. The fraction of sp³-hybridized carbons (Fsp3) is 0.214. The second kappa shape index (κ2) is 8.83. The number of carbonyl (C=O) groups excluding carboxylic acids is 3. The van der Waals surface area contributed by atoms with E-state index in [4.69, 9.17) is 9.15 Å². The summed E-state index contributed by atoms with van der Waals surface area (Å²) in [6.07, 6.45) is 0.296. The van der Waals surface area contributed by atoms with E-state index in [1.54, 1.807) is 24.3 Å². The maximum atomic E-state index is 13.0. The zero-order valence-corrected chi connectivity index (χ0v) is 19.4. The van der Waals surface area contributed by atoms with E-state index >= 15 is 0 Å². The molecule has 2 amide bonds. The number of esters is 1. The van der Waals surface area contributed by atoms with Gasteiger partial charge in [0.2, 0.25) is 0 Å². The highest BCUT2D eigenvalue weighted by molar-refractivity contribution is 6.25. The molecule has 176 valence electrons. The molecule has 0 bridgehead atoms. The van der Waals surface area contributed by atoms with Crippen molar-refractivity contribution < 1.29 is 23.5 Å². The number of aryl methyl sites for hydroxylation is 2. The van der Waals surface area contributed by atoms with Gasteiger partial charge in [-0.15, -0.1) is 0 Å². The van der Waals surface area contributed by atoms with Crippen LogP contribution < -0.4 is 5.63 Å². The average molecular weight is 469 g/mol. The molecule has 5 rings (SSSR count). The molecule has 0 fully saturated rings. The number of rotatable bonds is 6. The maximum absolute atomic E-state index is 13.0. The van der Waals surface area contributed by atoms with Crippen molar-refractivity contribution >= 4 is 39.5 Å². The zero-order chi connectivity index (χ0) is 24.7. The Morgan fingerprint density at radius 2 is 1.63 bits per heavy atom. The van der Waals surface area contributed by atoms with Crippen LogP contribution in [-0.2, 0) is 16.1 Å². The van der Waals surface area contributed by atoms with Crippen LogP contribution in [0.15, 0.2) is 63.8 Å². The van der Waals surface area contributed by atoms with E-state index in [2.05, 4.69) is 0 Å². The van der Waals surface area contributed by atoms with Crippen LogP contribution in [0.3, 0.4) is 0 Å². The monoisotopic (exact) mass is 469 g/mol. The topological polar surface area (TPSA) is 93.9 Å². The molecule has 7 nitrogen and oxygen atoms in total. The number of amides is 2. The van der Waals surface area contributed by atoms with Crippen LogP contribution >= 0.6 is 0 Å². The Hall–Kier alpha value is -4.26. The number of benzene rings is 3. The van der Waals surface area contributed by atoms with Gasteiger partial charge in [-0.05, 0) is 48.9 Å². The first-order valence-corrected chi connectivity index (χ1v) is 11.4. The molecule has 0 N–H and O–H groups in total. The number of imide groups is 1. The largest absolute Gasteiger partial charge is 0.461 e. The first-order chi connectivity index (χ1) is 16.8. The first kappa shape index (κ1) is 22.5. The van der Waals surface area contributed by atoms with Gasteiger partial charge in [-0.1, -0.05) is 36.4 Å². The predicted molar refractivity (Wildman–Crippen MR) is 130 cm³/mol. The lowest BCUT2D eigenvalue weighted by Gasteiger charge is -2.27. The van der Waals surface area contributed by atoms with Gasteiger partial charge in [0, 0.05) is 46.5 Å². The SMILES string of the molecule is Cc1ccc2c(COC(=O)CCCN3C(=O)c4cccc5cccc(c45)C3=O)cc(=O)oc2c1C. The minimum Gasteiger partial charge on any atom is -0.461 e. The Labute approximate surface area is 200 Å². The van der Waals surface area contributed by atoms with Crippen molar-refractivity contribution in [2.45, 2.75) is 33.3 Å². The molecule has 0 saturated carbocycles. The highest BCUT2D eigenvalue weighted by atomic mass is 16.5. The molecule has 7 heteroatoms. The summed E-state index contributed by atoms with van der Waals surface area (Å²) in [5.74, 6) is -1.20. The van der Waals surface area contributed by atoms with Crippen molar-refractivity contribution in [3.8, 4) is 0 Å². The Morgan fingerprint density at radius 1 is 0.943 bits per heavy atom. The Morgan fingerprint density at radius 3 is 2.31 bits per heavy atom. The standard InChI is InChI=1S/C28H23NO6/c1-16-11-12-20-19(14-24(31)35-26(20)17(16)2)15-34-23(30)10-5-13-29-27(32)21-8-3-6-18-7-4-9-22(25(18)21)28(29)33/h3-4,6-9,11-12,14H,5,10,13,15H2,1-2H3. The quantitative estimate of drug-likeness (QED) is 0.231. The minimum atomic E-state index is -0.505. The minimum absolute atomic E-state index is 0.0282. The van der Waals surface area contributed by atoms with E-state index in [0.29, 0.717) is 27.7 Å². The molecular formula is C28H23NO6. The molecule has 2 heterocycles. The molecule has 4 aromatic rings. The summed E-state index contributed by atoms with van der Waals surface area (Å²) >= 11 is 0. The lowest BCUT2D eigenvalue weighted by Crippen LogP contribution is -2.41. The van der Waals surface area contributed by atoms with Gasteiger partial charge in [-0.3, -0.25) is 19.3 Å². The van der Waals surface area contributed by atoms with Crippen molar-refractivity contribution in [2.75, 3.05) is 6.54 Å². The number of nitrogens with zero attached hydrogens (tertiary/aromatic N) is 1. The molecule has 0 radical (unpaired) electrons. The smallest absolute Gasteiger partial charge is 0.336 e. The van der Waals surface area contributed by atoms with Crippen molar-refractivity contribution in [1.82, 2.24) is 4.90 Å². The summed E-state index contributed by atoms with van der Waals surface area (Å²) < 4.78 is 10.8. The fourth-order valence-corrected chi connectivity index (χ4v) is 4.54. The third-order valence-corrected chi connectivity index (χ3v) is 6.52. The molecule has 0 saturated heterocycles. The van der Waals surface area contributed by atoms with Crippen LogP contribution in [0, 0.1) is 13.8 Å². The summed E-state index contributed by atoms with van der Waals surface area (Å²) in [6, 6.07) is 15.9. The predicted octanol–water partition coefficient (Wildman–Crippen LogP) is 4.68. The van der Waals surface area contributed by atoms with Crippen LogP contribution in [0.4, 0.5) is 0 Å². The number of hydrogen-bond acceptors (Lipinski definition) is 6. The fourth-order valence-electron chi connectivity index (χ4n) is 4.54. The molecule has 3 aromatic carbocycles. The van der Waals surface area contributed by atoms with Gasteiger partial charge in [0.1, 0.15) is 12.2 Å². The van der Waals surface area contributed by atoms with Crippen LogP contribution in [0.2, 0.25) is 0 Å². The van der Waals surface area contributed by atoms with Crippen LogP contribution in [0.25, 0.3) is 21.7 Å². The van der Waals surface area contributed by atoms with Crippen molar-refractivity contribution in [3.05, 3.63) is 92.8 Å². The summed E-state index contributed by atoms with van der Waals surface area (Å²) in [6.45, 7) is 3.84. The van der Waals surface area contributed by atoms with Crippen LogP contribution in [0.1, 0.15) is 50.2 Å². The lowest BCUT2D eigenvalue weighted by atomic mass is 9.94. The van der Waals surface area contributed by atoms with E-state index in [1.165, 1.54) is 11.0 Å². The van der Waals surface area contributed by atoms with Gasteiger partial charge in [-0.25, -0.2) is 4.79 Å². The van der Waals surface area contributed by atoms with Crippen molar-refractivity contribution in [2.24, 2.45) is 0 Å². The van der Waals surface area contributed by atoms with E-state index in [0.717, 1.165) is 21.9 Å². The Kier molecular flexibility index (Phi) is 5.68. The average Bonchev–Trinajstić information content (AvgIpc) is 2.85. The van der Waals surface area contributed by atoms with E-state index < -0.39 is 11.6 Å². The second-order valence-electron chi connectivity index (χ2n) is 8.71. The number of ether oxygens (including phenoxy) is 1. The zero-order valence-electron chi connectivity index (χ0n) is 19.4. The maximum Gasteiger partial charge on any atom is 0.336 e.